The number of aromatic nitrogens is 2. The second kappa shape index (κ2) is 4.64. The van der Waals surface area contributed by atoms with Crippen LogP contribution in [0.4, 0.5) is 0 Å². The van der Waals surface area contributed by atoms with E-state index in [-0.39, 0.29) is 4.90 Å². The molecule has 0 unspecified atom stereocenters. The Kier molecular flexibility index (Phi) is 2.94. The second-order valence-corrected chi connectivity index (χ2v) is 6.03. The monoisotopic (exact) mass is 288 g/mol. The normalized spacial score (nSPS) is 11.7. The van der Waals surface area contributed by atoms with E-state index in [2.05, 4.69) is 4.98 Å². The fourth-order valence-corrected chi connectivity index (χ4v) is 3.29. The molecule has 0 N–H and O–H groups in total. The molecule has 0 radical (unpaired) electrons. The van der Waals surface area contributed by atoms with Gasteiger partial charge in [0.15, 0.2) is 0 Å². The largest absolute Gasteiger partial charge is 0.497 e. The Balaban J connectivity index is 2.24. The van der Waals surface area contributed by atoms with Crippen molar-refractivity contribution in [1.29, 1.82) is 0 Å². The van der Waals surface area contributed by atoms with Gasteiger partial charge in [0.2, 0.25) is 0 Å². The van der Waals surface area contributed by atoms with Crippen LogP contribution >= 0.6 is 0 Å². The van der Waals surface area contributed by atoms with Crippen LogP contribution in [0.25, 0.3) is 11.0 Å². The highest BCUT2D eigenvalue weighted by atomic mass is 32.2. The Hall–Kier alpha value is -2.34. The van der Waals surface area contributed by atoms with Crippen LogP contribution in [-0.4, -0.2) is 24.5 Å². The summed E-state index contributed by atoms with van der Waals surface area (Å²) in [5.41, 5.74) is 1.10. The van der Waals surface area contributed by atoms with Gasteiger partial charge >= 0.3 is 0 Å². The molecule has 0 aliphatic heterocycles. The van der Waals surface area contributed by atoms with Crippen LogP contribution in [0, 0.1) is 0 Å². The van der Waals surface area contributed by atoms with E-state index >= 15 is 0 Å². The molecule has 0 fully saturated rings. The number of fused-ring (bicyclic) bond motifs is 1. The summed E-state index contributed by atoms with van der Waals surface area (Å²) in [6.45, 7) is 0. The molecule has 1 aromatic heterocycles. The van der Waals surface area contributed by atoms with Gasteiger partial charge in [-0.15, -0.1) is 0 Å². The van der Waals surface area contributed by atoms with Crippen molar-refractivity contribution < 1.29 is 13.2 Å². The van der Waals surface area contributed by atoms with E-state index in [4.69, 9.17) is 4.74 Å². The standard InChI is InChI=1S/C14H12N2O3S/c1-19-11-7-8-13-14(9-11)16(10-15-13)20(17,18)12-5-3-2-4-6-12/h2-10H,1H3. The molecule has 0 aliphatic rings. The van der Waals surface area contributed by atoms with Crippen molar-refractivity contribution in [2.45, 2.75) is 4.90 Å². The number of ether oxygens (including phenoxy) is 1. The summed E-state index contributed by atoms with van der Waals surface area (Å²) in [6, 6.07) is 13.4. The third kappa shape index (κ3) is 1.94. The highest BCUT2D eigenvalue weighted by Gasteiger charge is 2.19. The lowest BCUT2D eigenvalue weighted by Crippen LogP contribution is -2.11. The molecule has 3 aromatic rings. The van der Waals surface area contributed by atoms with Crippen LogP contribution < -0.4 is 4.74 Å². The van der Waals surface area contributed by atoms with Gasteiger partial charge in [-0.05, 0) is 24.3 Å². The molecular formula is C14H12N2O3S. The maximum atomic E-state index is 12.6. The van der Waals surface area contributed by atoms with E-state index in [0.717, 1.165) is 0 Å². The zero-order valence-electron chi connectivity index (χ0n) is 10.7. The number of nitrogens with zero attached hydrogens (tertiary/aromatic N) is 2. The highest BCUT2D eigenvalue weighted by molar-refractivity contribution is 7.90. The Morgan fingerprint density at radius 2 is 1.85 bits per heavy atom. The maximum Gasteiger partial charge on any atom is 0.269 e. The van der Waals surface area contributed by atoms with E-state index in [1.165, 1.54) is 17.4 Å². The summed E-state index contributed by atoms with van der Waals surface area (Å²) in [5.74, 6) is 0.586. The van der Waals surface area contributed by atoms with Gasteiger partial charge in [0, 0.05) is 6.07 Å². The summed E-state index contributed by atoms with van der Waals surface area (Å²) in [4.78, 5) is 4.34. The third-order valence-electron chi connectivity index (χ3n) is 3.02. The minimum atomic E-state index is -3.65. The molecule has 20 heavy (non-hydrogen) atoms. The van der Waals surface area contributed by atoms with Crippen molar-refractivity contribution in [3.8, 4) is 5.75 Å². The molecule has 0 aliphatic carbocycles. The third-order valence-corrected chi connectivity index (χ3v) is 4.70. The number of hydrogen-bond donors (Lipinski definition) is 0. The molecule has 0 saturated carbocycles. The van der Waals surface area contributed by atoms with Crippen LogP contribution in [0.5, 0.6) is 5.75 Å². The smallest absolute Gasteiger partial charge is 0.269 e. The number of imidazole rings is 1. The summed E-state index contributed by atoms with van der Waals surface area (Å²) >= 11 is 0. The Bertz CT molecular complexity index is 855. The predicted octanol–water partition coefficient (Wildman–Crippen LogP) is 2.28. The zero-order valence-corrected chi connectivity index (χ0v) is 11.5. The molecular weight excluding hydrogens is 276 g/mol. The SMILES string of the molecule is COc1ccc2ncn(S(=O)(=O)c3ccccc3)c2c1. The topological polar surface area (TPSA) is 61.2 Å². The van der Waals surface area contributed by atoms with Gasteiger partial charge < -0.3 is 4.74 Å². The van der Waals surface area contributed by atoms with E-state index in [9.17, 15) is 8.42 Å². The molecule has 3 rings (SSSR count). The minimum Gasteiger partial charge on any atom is -0.497 e. The molecule has 0 amide bonds. The van der Waals surface area contributed by atoms with Crippen LogP contribution in [0.15, 0.2) is 59.8 Å². The van der Waals surface area contributed by atoms with Gasteiger partial charge in [0.1, 0.15) is 12.1 Å². The van der Waals surface area contributed by atoms with Crippen LogP contribution in [-0.2, 0) is 10.0 Å². The maximum absolute atomic E-state index is 12.6. The molecule has 0 spiro atoms. The summed E-state index contributed by atoms with van der Waals surface area (Å²) < 4.78 is 31.5. The number of rotatable bonds is 3. The van der Waals surface area contributed by atoms with Gasteiger partial charge in [-0.25, -0.2) is 17.4 Å². The molecule has 102 valence electrons. The van der Waals surface area contributed by atoms with E-state index in [1.54, 1.807) is 48.5 Å². The number of methoxy groups -OCH3 is 1. The lowest BCUT2D eigenvalue weighted by Gasteiger charge is -2.07. The van der Waals surface area contributed by atoms with Gasteiger partial charge in [0.05, 0.1) is 23.0 Å². The lowest BCUT2D eigenvalue weighted by atomic mass is 10.3. The molecule has 0 atom stereocenters. The van der Waals surface area contributed by atoms with Crippen molar-refractivity contribution in [3.05, 3.63) is 54.9 Å². The first-order valence-electron chi connectivity index (χ1n) is 5.94. The van der Waals surface area contributed by atoms with E-state index < -0.39 is 10.0 Å². The molecule has 0 saturated heterocycles. The average molecular weight is 288 g/mol. The number of hydrogen-bond acceptors (Lipinski definition) is 4. The fraction of sp³-hybridized carbons (Fsp3) is 0.0714. The highest BCUT2D eigenvalue weighted by Crippen LogP contribution is 2.23. The summed E-state index contributed by atoms with van der Waals surface area (Å²) in [6.07, 6.45) is 1.31. The second-order valence-electron chi connectivity index (χ2n) is 4.21. The van der Waals surface area contributed by atoms with E-state index in [0.29, 0.717) is 16.8 Å². The van der Waals surface area contributed by atoms with Crippen LogP contribution in [0.1, 0.15) is 0 Å². The first kappa shape index (κ1) is 12.7. The van der Waals surface area contributed by atoms with Gasteiger partial charge in [-0.1, -0.05) is 18.2 Å². The first-order chi connectivity index (χ1) is 9.63. The van der Waals surface area contributed by atoms with Crippen molar-refractivity contribution in [2.24, 2.45) is 0 Å². The average Bonchev–Trinajstić information content (AvgIpc) is 2.91. The van der Waals surface area contributed by atoms with Gasteiger partial charge in [-0.2, -0.15) is 0 Å². The Morgan fingerprint density at radius 3 is 2.55 bits per heavy atom. The van der Waals surface area contributed by atoms with Crippen molar-refractivity contribution >= 4 is 21.1 Å². The Labute approximate surface area is 116 Å². The fourth-order valence-electron chi connectivity index (χ4n) is 1.99. The van der Waals surface area contributed by atoms with Crippen molar-refractivity contribution in [1.82, 2.24) is 8.96 Å². The van der Waals surface area contributed by atoms with Crippen LogP contribution in [0.3, 0.4) is 0 Å². The molecule has 5 nitrogen and oxygen atoms in total. The Morgan fingerprint density at radius 1 is 1.10 bits per heavy atom. The molecule has 1 heterocycles. The van der Waals surface area contributed by atoms with Gasteiger partial charge in [-0.3, -0.25) is 0 Å². The summed E-state index contributed by atoms with van der Waals surface area (Å²) in [7, 11) is -2.11. The first-order valence-corrected chi connectivity index (χ1v) is 7.38. The predicted molar refractivity (Wildman–Crippen MR) is 75.3 cm³/mol. The quantitative estimate of drug-likeness (QED) is 0.742. The molecule has 6 heteroatoms. The molecule has 0 bridgehead atoms. The molecule has 2 aromatic carbocycles. The zero-order chi connectivity index (χ0) is 14.2. The summed E-state index contributed by atoms with van der Waals surface area (Å²) in [5, 5.41) is 0. The lowest BCUT2D eigenvalue weighted by molar-refractivity contribution is 0.415. The van der Waals surface area contributed by atoms with Gasteiger partial charge in [0.25, 0.3) is 10.0 Å². The minimum absolute atomic E-state index is 0.224. The number of benzene rings is 2. The van der Waals surface area contributed by atoms with Crippen LogP contribution in [0.2, 0.25) is 0 Å². The van der Waals surface area contributed by atoms with Crippen molar-refractivity contribution in [3.63, 3.8) is 0 Å². The van der Waals surface area contributed by atoms with E-state index in [1.807, 2.05) is 0 Å². The van der Waals surface area contributed by atoms with Crippen molar-refractivity contribution in [2.75, 3.05) is 7.11 Å².